The number of amides is 1. The maximum absolute atomic E-state index is 14.7. The third kappa shape index (κ3) is 3.89. The van der Waals surface area contributed by atoms with Crippen LogP contribution in [0.1, 0.15) is 15.9 Å². The van der Waals surface area contributed by atoms with Gasteiger partial charge in [0.15, 0.2) is 5.75 Å². The average Bonchev–Trinajstić information content (AvgIpc) is 2.74. The van der Waals surface area contributed by atoms with Crippen molar-refractivity contribution < 1.29 is 27.1 Å². The molecule has 0 aromatic heterocycles. The van der Waals surface area contributed by atoms with Crippen molar-refractivity contribution in [2.24, 2.45) is 0 Å². The van der Waals surface area contributed by atoms with Crippen molar-refractivity contribution in [1.29, 1.82) is 0 Å². The third-order valence-electron chi connectivity index (χ3n) is 5.24. The first kappa shape index (κ1) is 22.0. The molecule has 0 atom stereocenters. The van der Waals surface area contributed by atoms with E-state index in [2.05, 4.69) is 0 Å². The second-order valence-corrected chi connectivity index (χ2v) is 9.41. The molecule has 1 aliphatic heterocycles. The number of likely N-dealkylation sites (N-methyl/N-ethyl adjacent to an activating group) is 1. The Morgan fingerprint density at radius 1 is 1.06 bits per heavy atom. The van der Waals surface area contributed by atoms with Crippen molar-refractivity contribution in [2.45, 2.75) is 11.3 Å². The number of hydrogen-bond donors (Lipinski definition) is 2. The molecular formula is C22H17ClF2N2O4S. The number of phenols is 1. The summed E-state index contributed by atoms with van der Waals surface area (Å²) in [6.07, 6.45) is 0.356. The largest absolute Gasteiger partial charge is 0.505 e. The van der Waals surface area contributed by atoms with Crippen LogP contribution in [0.25, 0.3) is 11.1 Å². The molecule has 32 heavy (non-hydrogen) atoms. The fourth-order valence-corrected chi connectivity index (χ4v) is 5.02. The Bertz CT molecular complexity index is 1360. The van der Waals surface area contributed by atoms with Crippen LogP contribution in [-0.4, -0.2) is 37.9 Å². The number of benzene rings is 3. The fourth-order valence-electron chi connectivity index (χ4n) is 3.55. The maximum Gasteiger partial charge on any atom is 0.265 e. The number of rotatable bonds is 0. The number of hydrogen-bond acceptors (Lipinski definition) is 4. The van der Waals surface area contributed by atoms with E-state index >= 15 is 0 Å². The average molecular weight is 479 g/mol. The van der Waals surface area contributed by atoms with Gasteiger partial charge < -0.3 is 10.0 Å². The Kier molecular flexibility index (Phi) is 5.56. The molecule has 0 radical (unpaired) electrons. The molecule has 0 unspecified atom stereocenters. The highest BCUT2D eigenvalue weighted by molar-refractivity contribution is 7.92. The van der Waals surface area contributed by atoms with E-state index in [0.29, 0.717) is 23.6 Å². The van der Waals surface area contributed by atoms with Crippen LogP contribution < -0.4 is 4.72 Å². The van der Waals surface area contributed by atoms with Gasteiger partial charge in [0, 0.05) is 30.8 Å². The topological polar surface area (TPSA) is 86.7 Å². The molecular weight excluding hydrogens is 462 g/mol. The molecule has 1 aliphatic rings. The first-order chi connectivity index (χ1) is 15.1. The summed E-state index contributed by atoms with van der Waals surface area (Å²) >= 11 is 5.97. The molecule has 1 amide bonds. The van der Waals surface area contributed by atoms with Crippen LogP contribution in [-0.2, 0) is 16.4 Å². The van der Waals surface area contributed by atoms with Crippen LogP contribution >= 0.6 is 11.6 Å². The van der Waals surface area contributed by atoms with Crippen LogP contribution in [0.5, 0.6) is 5.75 Å². The van der Waals surface area contributed by atoms with Gasteiger partial charge in [0.25, 0.3) is 15.9 Å². The van der Waals surface area contributed by atoms with Crippen molar-refractivity contribution in [3.8, 4) is 16.9 Å². The van der Waals surface area contributed by atoms with Gasteiger partial charge in [0.1, 0.15) is 16.5 Å². The van der Waals surface area contributed by atoms with Gasteiger partial charge in [-0.1, -0.05) is 35.9 Å². The van der Waals surface area contributed by atoms with Gasteiger partial charge in [-0.2, -0.15) is 0 Å². The van der Waals surface area contributed by atoms with E-state index < -0.39 is 43.9 Å². The van der Waals surface area contributed by atoms with E-state index in [1.54, 1.807) is 24.3 Å². The number of aromatic hydroxyl groups is 1. The SMILES string of the molecule is CN1CCc2ccccc2-c2cc(c(F)cc2F)NS(=O)(=O)c2cc(cc(Cl)c2O)C1=O. The van der Waals surface area contributed by atoms with Crippen LogP contribution in [0.15, 0.2) is 53.4 Å². The molecule has 0 saturated heterocycles. The molecule has 1 heterocycles. The number of carbonyl (C=O) groups excluding carboxylic acids is 1. The predicted molar refractivity (Wildman–Crippen MR) is 116 cm³/mol. The summed E-state index contributed by atoms with van der Waals surface area (Å²) in [5.74, 6) is -3.34. The monoisotopic (exact) mass is 478 g/mol. The highest BCUT2D eigenvalue weighted by Crippen LogP contribution is 2.36. The third-order valence-corrected chi connectivity index (χ3v) is 6.90. The molecule has 3 aromatic rings. The number of sulfonamides is 1. The van der Waals surface area contributed by atoms with E-state index in [-0.39, 0.29) is 22.7 Å². The van der Waals surface area contributed by atoms with Gasteiger partial charge >= 0.3 is 0 Å². The smallest absolute Gasteiger partial charge is 0.265 e. The lowest BCUT2D eigenvalue weighted by molar-refractivity contribution is 0.0796. The van der Waals surface area contributed by atoms with Gasteiger partial charge in [-0.25, -0.2) is 17.2 Å². The van der Waals surface area contributed by atoms with Gasteiger partial charge in [-0.15, -0.1) is 0 Å². The van der Waals surface area contributed by atoms with E-state index in [0.717, 1.165) is 18.2 Å². The lowest BCUT2D eigenvalue weighted by Gasteiger charge is -2.21. The number of halogens is 3. The van der Waals surface area contributed by atoms with E-state index in [1.165, 1.54) is 11.9 Å². The Labute approximate surface area is 188 Å². The first-order valence-corrected chi connectivity index (χ1v) is 11.3. The second kappa shape index (κ2) is 8.07. The molecule has 0 fully saturated rings. The Balaban J connectivity index is 1.99. The minimum absolute atomic E-state index is 0.0123. The molecule has 0 saturated carbocycles. The van der Waals surface area contributed by atoms with Crippen molar-refractivity contribution >= 4 is 33.2 Å². The Morgan fingerprint density at radius 2 is 1.78 bits per heavy atom. The number of fused-ring (bicyclic) bond motifs is 6. The summed E-state index contributed by atoms with van der Waals surface area (Å²) in [4.78, 5) is 13.5. The highest BCUT2D eigenvalue weighted by atomic mass is 35.5. The molecule has 2 N–H and O–H groups in total. The zero-order valence-corrected chi connectivity index (χ0v) is 18.3. The Morgan fingerprint density at radius 3 is 2.53 bits per heavy atom. The van der Waals surface area contributed by atoms with Crippen LogP contribution in [0.3, 0.4) is 0 Å². The number of anilines is 1. The van der Waals surface area contributed by atoms with Crippen LogP contribution in [0.2, 0.25) is 5.02 Å². The van der Waals surface area contributed by atoms with Crippen LogP contribution in [0.4, 0.5) is 14.5 Å². The predicted octanol–water partition coefficient (Wildman–Crippen LogP) is 4.42. The molecule has 10 heteroatoms. The second-order valence-electron chi connectivity index (χ2n) is 7.36. The van der Waals surface area contributed by atoms with Gasteiger partial charge in [-0.3, -0.25) is 9.52 Å². The van der Waals surface area contributed by atoms with E-state index in [9.17, 15) is 27.1 Å². The number of phenolic OH excluding ortho intramolecular Hbond substituents is 1. The number of carbonyl (C=O) groups is 1. The maximum atomic E-state index is 14.7. The standard InChI is InChI=1S/C22H17ClF2N2O4S/c1-27-7-6-12-4-2-3-5-14(12)15-10-19(18(25)11-17(15)24)26-32(30,31)20-9-13(22(27)29)8-16(23)21(20)28/h2-5,8-11,26,28H,6-7H2,1H3. The van der Waals surface area contributed by atoms with Crippen LogP contribution in [0, 0.1) is 11.6 Å². The highest BCUT2D eigenvalue weighted by Gasteiger charge is 2.27. The van der Waals surface area contributed by atoms with Gasteiger partial charge in [-0.05, 0) is 35.7 Å². The lowest BCUT2D eigenvalue weighted by atomic mass is 9.96. The number of nitrogens with one attached hydrogen (secondary N) is 1. The summed E-state index contributed by atoms with van der Waals surface area (Å²) in [5, 5.41) is 9.88. The fraction of sp³-hybridized carbons (Fsp3) is 0.136. The lowest BCUT2D eigenvalue weighted by Crippen LogP contribution is -2.29. The summed E-state index contributed by atoms with van der Waals surface area (Å²) in [5.41, 5.74) is 0.529. The molecule has 3 aromatic carbocycles. The quantitative estimate of drug-likeness (QED) is 0.501. The molecule has 4 rings (SSSR count). The van der Waals surface area contributed by atoms with Crippen molar-refractivity contribution in [1.82, 2.24) is 4.90 Å². The Hall–Kier alpha value is -3.17. The minimum Gasteiger partial charge on any atom is -0.505 e. The van der Waals surface area contributed by atoms with E-state index in [4.69, 9.17) is 11.6 Å². The normalized spacial score (nSPS) is 15.5. The molecule has 0 aliphatic carbocycles. The minimum atomic E-state index is -4.59. The van der Waals surface area contributed by atoms with Gasteiger partial charge in [0.05, 0.1) is 10.7 Å². The molecule has 4 bridgehead atoms. The van der Waals surface area contributed by atoms with Crippen molar-refractivity contribution in [2.75, 3.05) is 18.3 Å². The van der Waals surface area contributed by atoms with Crippen molar-refractivity contribution in [3.63, 3.8) is 0 Å². The van der Waals surface area contributed by atoms with Gasteiger partial charge in [0.2, 0.25) is 0 Å². The van der Waals surface area contributed by atoms with Crippen molar-refractivity contribution in [3.05, 3.63) is 76.3 Å². The number of nitrogens with zero attached hydrogens (tertiary/aromatic N) is 1. The zero-order valence-electron chi connectivity index (χ0n) is 16.7. The summed E-state index contributed by atoms with van der Waals surface area (Å²) in [6.45, 7) is 0.227. The first-order valence-electron chi connectivity index (χ1n) is 9.46. The molecule has 0 spiro atoms. The van der Waals surface area contributed by atoms with E-state index in [1.807, 2.05) is 4.72 Å². The summed E-state index contributed by atoms with van der Waals surface area (Å²) in [6, 6.07) is 10.6. The summed E-state index contributed by atoms with van der Waals surface area (Å²) in [7, 11) is -3.06. The molecule has 6 nitrogen and oxygen atoms in total. The summed E-state index contributed by atoms with van der Waals surface area (Å²) < 4.78 is 57.2. The molecule has 166 valence electrons. The zero-order chi connectivity index (χ0) is 23.2.